The van der Waals surface area contributed by atoms with Crippen LogP contribution in [-0.4, -0.2) is 0 Å². The maximum atomic E-state index is 6.15. The van der Waals surface area contributed by atoms with Crippen LogP contribution in [0.5, 0.6) is 0 Å². The summed E-state index contributed by atoms with van der Waals surface area (Å²) in [6.45, 7) is 5.53. The van der Waals surface area contributed by atoms with Crippen molar-refractivity contribution in [2.24, 2.45) is 0 Å². The zero-order valence-corrected chi connectivity index (χ0v) is 16.8. The molecule has 0 aliphatic rings. The van der Waals surface area contributed by atoms with E-state index in [1.165, 1.54) is 68.0 Å². The van der Waals surface area contributed by atoms with Gasteiger partial charge in [-0.25, -0.2) is 0 Å². The van der Waals surface area contributed by atoms with Crippen molar-refractivity contribution in [1.82, 2.24) is 0 Å². The number of para-hydroxylation sites is 1. The number of nitrogens with zero attached hydrogens (tertiary/aromatic N) is 1. The van der Waals surface area contributed by atoms with Gasteiger partial charge in [-0.05, 0) is 12.5 Å². The van der Waals surface area contributed by atoms with Crippen LogP contribution in [0.3, 0.4) is 0 Å². The maximum absolute atomic E-state index is 6.15. The summed E-state index contributed by atoms with van der Waals surface area (Å²) in [6, 6.07) is 10.6. The Morgan fingerprint density at radius 1 is 0.913 bits per heavy atom. The standard InChI is InChI=1S/C20H30N2.HI/c1-3-4-5-6-7-8-9-12-15-22-17(2)16-19(21)18-13-10-11-14-20(18)22;/h10-11,13-14,16,21H,3-9,12,15H2,1-2H3;1H. The summed E-state index contributed by atoms with van der Waals surface area (Å²) < 4.78 is 2.42. The molecule has 0 radical (unpaired) electrons. The molecule has 128 valence electrons. The van der Waals surface area contributed by atoms with Crippen molar-refractivity contribution >= 4 is 16.6 Å². The van der Waals surface area contributed by atoms with Crippen LogP contribution in [0.2, 0.25) is 0 Å². The number of halogens is 1. The molecule has 0 aliphatic heterocycles. The predicted octanol–water partition coefficient (Wildman–Crippen LogP) is 2.16. The van der Waals surface area contributed by atoms with E-state index < -0.39 is 0 Å². The van der Waals surface area contributed by atoms with Crippen molar-refractivity contribution < 1.29 is 28.5 Å². The van der Waals surface area contributed by atoms with Gasteiger partial charge in [0.2, 0.25) is 5.52 Å². The number of benzene rings is 1. The molecule has 0 fully saturated rings. The highest BCUT2D eigenvalue weighted by Crippen LogP contribution is 2.19. The SMILES string of the molecule is CCCCCCCCCC[n+]1c(C)cc(N)c2ccccc21.[I-]. The van der Waals surface area contributed by atoms with Gasteiger partial charge in [0.15, 0.2) is 5.69 Å². The quantitative estimate of drug-likeness (QED) is 0.372. The molecule has 2 aromatic rings. The highest BCUT2D eigenvalue weighted by Gasteiger charge is 2.14. The zero-order valence-electron chi connectivity index (χ0n) is 14.7. The van der Waals surface area contributed by atoms with Crippen LogP contribution in [0.1, 0.15) is 64.0 Å². The third kappa shape index (κ3) is 5.94. The fourth-order valence-electron chi connectivity index (χ4n) is 3.22. The van der Waals surface area contributed by atoms with Crippen LogP contribution >= 0.6 is 0 Å². The summed E-state index contributed by atoms with van der Waals surface area (Å²) in [5, 5.41) is 1.17. The van der Waals surface area contributed by atoms with E-state index >= 15 is 0 Å². The van der Waals surface area contributed by atoms with Gasteiger partial charge in [-0.15, -0.1) is 0 Å². The first-order chi connectivity index (χ1) is 10.7. The lowest BCUT2D eigenvalue weighted by Gasteiger charge is -2.07. The maximum Gasteiger partial charge on any atom is 0.214 e. The molecule has 23 heavy (non-hydrogen) atoms. The van der Waals surface area contributed by atoms with E-state index in [0.717, 1.165) is 12.2 Å². The number of hydrogen-bond donors (Lipinski definition) is 1. The molecule has 0 spiro atoms. The Balaban J connectivity index is 0.00000264. The van der Waals surface area contributed by atoms with Crippen molar-refractivity contribution in [3.05, 3.63) is 36.0 Å². The molecule has 1 heterocycles. The van der Waals surface area contributed by atoms with Crippen molar-refractivity contribution in [3.63, 3.8) is 0 Å². The van der Waals surface area contributed by atoms with Gasteiger partial charge in [-0.2, -0.15) is 4.57 Å². The van der Waals surface area contributed by atoms with E-state index in [9.17, 15) is 0 Å². The van der Waals surface area contributed by atoms with Crippen molar-refractivity contribution in [2.75, 3.05) is 5.73 Å². The summed E-state index contributed by atoms with van der Waals surface area (Å²) in [6.07, 6.45) is 10.9. The Labute approximate surface area is 158 Å². The molecule has 0 unspecified atom stereocenters. The minimum Gasteiger partial charge on any atom is -1.00 e. The van der Waals surface area contributed by atoms with E-state index in [1.807, 2.05) is 0 Å². The molecule has 2 rings (SSSR count). The third-order valence-corrected chi connectivity index (χ3v) is 4.53. The van der Waals surface area contributed by atoms with Crippen molar-refractivity contribution in [2.45, 2.75) is 71.8 Å². The molecule has 0 saturated carbocycles. The highest BCUT2D eigenvalue weighted by atomic mass is 127. The van der Waals surface area contributed by atoms with Crippen LogP contribution in [0.25, 0.3) is 10.9 Å². The Bertz CT molecular complexity index is 595. The second-order valence-electron chi connectivity index (χ2n) is 6.38. The summed E-state index contributed by atoms with van der Waals surface area (Å²) in [5.41, 5.74) is 9.57. The number of nitrogen functional groups attached to an aromatic ring is 1. The molecule has 1 aromatic heterocycles. The number of rotatable bonds is 9. The van der Waals surface area contributed by atoms with Gasteiger partial charge in [0, 0.05) is 25.5 Å². The summed E-state index contributed by atoms with van der Waals surface area (Å²) in [4.78, 5) is 0. The predicted molar refractivity (Wildman–Crippen MR) is 95.9 cm³/mol. The number of anilines is 1. The van der Waals surface area contributed by atoms with Gasteiger partial charge in [0.25, 0.3) is 0 Å². The highest BCUT2D eigenvalue weighted by molar-refractivity contribution is 5.87. The lowest BCUT2D eigenvalue weighted by Crippen LogP contribution is -3.00. The molecule has 0 amide bonds. The van der Waals surface area contributed by atoms with Gasteiger partial charge in [-0.1, -0.05) is 57.6 Å². The largest absolute Gasteiger partial charge is 1.00 e. The minimum atomic E-state index is 0. The van der Waals surface area contributed by atoms with E-state index in [4.69, 9.17) is 5.73 Å². The second-order valence-corrected chi connectivity index (χ2v) is 6.38. The fraction of sp³-hybridized carbons (Fsp3) is 0.550. The fourth-order valence-corrected chi connectivity index (χ4v) is 3.22. The minimum absolute atomic E-state index is 0. The van der Waals surface area contributed by atoms with Crippen LogP contribution in [-0.2, 0) is 6.54 Å². The first kappa shape index (κ1) is 20.2. The number of aromatic nitrogens is 1. The average molecular weight is 426 g/mol. The van der Waals surface area contributed by atoms with Crippen LogP contribution < -0.4 is 34.3 Å². The van der Waals surface area contributed by atoms with Crippen LogP contribution in [0.4, 0.5) is 5.69 Å². The number of hydrogen-bond acceptors (Lipinski definition) is 1. The molecule has 0 aliphatic carbocycles. The number of fused-ring (bicyclic) bond motifs is 1. The number of aryl methyl sites for hydroxylation is 2. The van der Waals surface area contributed by atoms with E-state index in [0.29, 0.717) is 0 Å². The number of nitrogens with two attached hydrogens (primary N) is 1. The molecule has 2 N–H and O–H groups in total. The van der Waals surface area contributed by atoms with Crippen LogP contribution in [0, 0.1) is 6.92 Å². The number of pyridine rings is 1. The summed E-state index contributed by atoms with van der Waals surface area (Å²) in [7, 11) is 0. The Kier molecular flexibility index (Phi) is 9.53. The van der Waals surface area contributed by atoms with Gasteiger partial charge in [0.05, 0.1) is 11.1 Å². The Morgan fingerprint density at radius 2 is 1.52 bits per heavy atom. The van der Waals surface area contributed by atoms with Gasteiger partial charge < -0.3 is 29.7 Å². The van der Waals surface area contributed by atoms with E-state index in [2.05, 4.69) is 48.7 Å². The van der Waals surface area contributed by atoms with Crippen molar-refractivity contribution in [1.29, 1.82) is 0 Å². The lowest BCUT2D eigenvalue weighted by molar-refractivity contribution is -0.677. The molecule has 0 saturated heterocycles. The van der Waals surface area contributed by atoms with E-state index in [1.54, 1.807) is 0 Å². The number of unbranched alkanes of at least 4 members (excludes halogenated alkanes) is 7. The smallest absolute Gasteiger partial charge is 0.214 e. The average Bonchev–Trinajstić information content (AvgIpc) is 2.52. The molecular formula is C20H31IN2. The molecule has 1 aromatic carbocycles. The monoisotopic (exact) mass is 426 g/mol. The second kappa shape index (κ2) is 10.8. The van der Waals surface area contributed by atoms with E-state index in [-0.39, 0.29) is 24.0 Å². The van der Waals surface area contributed by atoms with Gasteiger partial charge in [-0.3, -0.25) is 0 Å². The normalized spacial score (nSPS) is 10.7. The van der Waals surface area contributed by atoms with Gasteiger partial charge >= 0.3 is 0 Å². The first-order valence-electron chi connectivity index (χ1n) is 8.91. The summed E-state index contributed by atoms with van der Waals surface area (Å²) in [5.74, 6) is 0. The first-order valence-corrected chi connectivity index (χ1v) is 8.91. The Hall–Kier alpha value is -0.840. The van der Waals surface area contributed by atoms with Crippen molar-refractivity contribution in [3.8, 4) is 0 Å². The molecule has 0 bridgehead atoms. The third-order valence-electron chi connectivity index (χ3n) is 4.53. The molecule has 3 heteroatoms. The lowest BCUT2D eigenvalue weighted by atomic mass is 10.1. The zero-order chi connectivity index (χ0) is 15.8. The van der Waals surface area contributed by atoms with Gasteiger partial charge in [0.1, 0.15) is 6.54 Å². The molecular weight excluding hydrogens is 395 g/mol. The summed E-state index contributed by atoms with van der Waals surface area (Å²) >= 11 is 0. The topological polar surface area (TPSA) is 29.9 Å². The molecule has 0 atom stereocenters. The van der Waals surface area contributed by atoms with Crippen LogP contribution in [0.15, 0.2) is 30.3 Å². The molecule has 2 nitrogen and oxygen atoms in total. The Morgan fingerprint density at radius 3 is 2.22 bits per heavy atom.